The summed E-state index contributed by atoms with van der Waals surface area (Å²) in [7, 11) is 4.07. The van der Waals surface area contributed by atoms with Gasteiger partial charge in [-0.15, -0.1) is 5.10 Å². The number of rotatable bonds is 6. The summed E-state index contributed by atoms with van der Waals surface area (Å²) in [6.07, 6.45) is 0. The van der Waals surface area contributed by atoms with Crippen LogP contribution in [-0.2, 0) is 19.6 Å². The van der Waals surface area contributed by atoms with Crippen LogP contribution >= 0.6 is 0 Å². The minimum absolute atomic E-state index is 0.104. The van der Waals surface area contributed by atoms with E-state index in [0.29, 0.717) is 12.1 Å². The van der Waals surface area contributed by atoms with Crippen LogP contribution in [0, 0.1) is 0 Å². The van der Waals surface area contributed by atoms with E-state index < -0.39 is 0 Å². The highest BCUT2D eigenvalue weighted by Gasteiger charge is 2.11. The Morgan fingerprint density at radius 2 is 1.92 bits per heavy atom. The molecule has 0 saturated heterocycles. The van der Waals surface area contributed by atoms with E-state index >= 15 is 0 Å². The van der Waals surface area contributed by atoms with E-state index in [2.05, 4.69) is 32.7 Å². The fraction of sp³-hybridized carbons (Fsp3) is 0.316. The van der Waals surface area contributed by atoms with Gasteiger partial charge in [0.05, 0.1) is 5.52 Å². The monoisotopic (exact) mass is 337 g/mol. The third kappa shape index (κ3) is 3.85. The molecule has 0 saturated carbocycles. The maximum atomic E-state index is 12.5. The van der Waals surface area contributed by atoms with Crippen molar-refractivity contribution in [1.29, 1.82) is 0 Å². The van der Waals surface area contributed by atoms with Gasteiger partial charge in [0.25, 0.3) is 5.91 Å². The topological polar surface area (TPSA) is 63.1 Å². The lowest BCUT2D eigenvalue weighted by Crippen LogP contribution is -2.24. The normalized spacial score (nSPS) is 11.2. The largest absolute Gasteiger partial charge is 0.348 e. The Bertz CT molecular complexity index is 884. The average Bonchev–Trinajstić information content (AvgIpc) is 3.02. The zero-order valence-electron chi connectivity index (χ0n) is 14.9. The lowest BCUT2D eigenvalue weighted by atomic mass is 10.1. The predicted molar refractivity (Wildman–Crippen MR) is 98.2 cm³/mol. The molecule has 1 N–H and O–H groups in total. The van der Waals surface area contributed by atoms with Crippen LogP contribution in [0.25, 0.3) is 11.0 Å². The molecule has 6 heteroatoms. The molecule has 0 aliphatic heterocycles. The van der Waals surface area contributed by atoms with Gasteiger partial charge >= 0.3 is 0 Å². The Hall–Kier alpha value is -2.73. The minimum atomic E-state index is -0.104. The lowest BCUT2D eigenvalue weighted by Gasteiger charge is -2.14. The first-order valence-corrected chi connectivity index (χ1v) is 8.41. The number of nitrogens with zero attached hydrogens (tertiary/aromatic N) is 4. The minimum Gasteiger partial charge on any atom is -0.348 e. The number of nitrogens with one attached hydrogen (secondary N) is 1. The molecule has 2 aromatic carbocycles. The highest BCUT2D eigenvalue weighted by Crippen LogP contribution is 2.14. The second-order valence-electron chi connectivity index (χ2n) is 6.30. The van der Waals surface area contributed by atoms with Gasteiger partial charge in [-0.05, 0) is 50.3 Å². The van der Waals surface area contributed by atoms with E-state index in [1.807, 2.05) is 50.0 Å². The smallest absolute Gasteiger partial charge is 0.251 e. The van der Waals surface area contributed by atoms with Crippen LogP contribution in [0.3, 0.4) is 0 Å². The molecule has 1 amide bonds. The number of amides is 1. The van der Waals surface area contributed by atoms with Gasteiger partial charge in [0.15, 0.2) is 0 Å². The summed E-state index contributed by atoms with van der Waals surface area (Å²) < 4.78 is 1.81. The summed E-state index contributed by atoms with van der Waals surface area (Å²) in [4.78, 5) is 14.6. The SMILES string of the molecule is CCn1nnc2cc(C(=O)NCc3ccccc3CN(C)C)ccc21. The molecule has 3 aromatic rings. The summed E-state index contributed by atoms with van der Waals surface area (Å²) in [5, 5.41) is 11.2. The van der Waals surface area contributed by atoms with Gasteiger partial charge in [0.1, 0.15) is 5.52 Å². The Kier molecular flexibility index (Phi) is 5.09. The molecule has 0 aliphatic rings. The maximum absolute atomic E-state index is 12.5. The molecule has 130 valence electrons. The fourth-order valence-electron chi connectivity index (χ4n) is 2.85. The van der Waals surface area contributed by atoms with Crippen LogP contribution < -0.4 is 5.32 Å². The Balaban J connectivity index is 1.73. The van der Waals surface area contributed by atoms with Gasteiger partial charge in [-0.25, -0.2) is 4.68 Å². The van der Waals surface area contributed by atoms with Crippen molar-refractivity contribution in [1.82, 2.24) is 25.2 Å². The first kappa shape index (κ1) is 17.1. The molecular formula is C19H23N5O. The van der Waals surface area contributed by atoms with Gasteiger partial charge in [-0.2, -0.15) is 0 Å². The van der Waals surface area contributed by atoms with Crippen molar-refractivity contribution >= 4 is 16.9 Å². The molecule has 0 aliphatic carbocycles. The number of hydrogen-bond donors (Lipinski definition) is 1. The first-order chi connectivity index (χ1) is 12.1. The predicted octanol–water partition coefficient (Wildman–Crippen LogP) is 2.44. The summed E-state index contributed by atoms with van der Waals surface area (Å²) in [5.74, 6) is -0.104. The standard InChI is InChI=1S/C19H23N5O/c1-4-24-18-10-9-14(11-17(18)21-22-24)19(25)20-12-15-7-5-6-8-16(15)13-23(2)3/h5-11H,4,12-13H2,1-3H3,(H,20,25). The Labute approximate surface area is 147 Å². The van der Waals surface area contributed by atoms with Crippen molar-refractivity contribution in [2.24, 2.45) is 0 Å². The summed E-state index contributed by atoms with van der Waals surface area (Å²) in [5.41, 5.74) is 4.62. The quantitative estimate of drug-likeness (QED) is 0.750. The molecule has 0 radical (unpaired) electrons. The van der Waals surface area contributed by atoms with Crippen molar-refractivity contribution in [2.45, 2.75) is 26.6 Å². The van der Waals surface area contributed by atoms with Crippen molar-refractivity contribution in [2.75, 3.05) is 14.1 Å². The molecule has 25 heavy (non-hydrogen) atoms. The molecule has 6 nitrogen and oxygen atoms in total. The maximum Gasteiger partial charge on any atom is 0.251 e. The number of fused-ring (bicyclic) bond motifs is 1. The molecular weight excluding hydrogens is 314 g/mol. The second-order valence-corrected chi connectivity index (χ2v) is 6.30. The number of aromatic nitrogens is 3. The Morgan fingerprint density at radius 1 is 1.16 bits per heavy atom. The number of benzene rings is 2. The molecule has 0 spiro atoms. The van der Waals surface area contributed by atoms with E-state index in [4.69, 9.17) is 0 Å². The molecule has 0 atom stereocenters. The average molecular weight is 337 g/mol. The highest BCUT2D eigenvalue weighted by molar-refractivity contribution is 5.97. The van der Waals surface area contributed by atoms with Crippen molar-refractivity contribution in [3.8, 4) is 0 Å². The van der Waals surface area contributed by atoms with Crippen LogP contribution in [0.5, 0.6) is 0 Å². The van der Waals surface area contributed by atoms with E-state index in [1.165, 1.54) is 5.56 Å². The van der Waals surface area contributed by atoms with Gasteiger partial charge < -0.3 is 10.2 Å². The summed E-state index contributed by atoms with van der Waals surface area (Å²) in [6, 6.07) is 13.7. The lowest BCUT2D eigenvalue weighted by molar-refractivity contribution is 0.0951. The second kappa shape index (κ2) is 7.44. The number of hydrogen-bond acceptors (Lipinski definition) is 4. The molecule has 0 unspecified atom stereocenters. The van der Waals surface area contributed by atoms with E-state index in [0.717, 1.165) is 29.7 Å². The molecule has 1 aromatic heterocycles. The molecule has 1 heterocycles. The molecule has 3 rings (SSSR count). The number of carbonyl (C=O) groups is 1. The van der Waals surface area contributed by atoms with Gasteiger partial charge in [-0.1, -0.05) is 29.5 Å². The van der Waals surface area contributed by atoms with Crippen LogP contribution in [0.1, 0.15) is 28.4 Å². The third-order valence-electron chi connectivity index (χ3n) is 4.12. The fourth-order valence-corrected chi connectivity index (χ4v) is 2.85. The van der Waals surface area contributed by atoms with Crippen LogP contribution in [0.4, 0.5) is 0 Å². The summed E-state index contributed by atoms with van der Waals surface area (Å²) in [6.45, 7) is 4.12. The first-order valence-electron chi connectivity index (χ1n) is 8.41. The van der Waals surface area contributed by atoms with Crippen LogP contribution in [-0.4, -0.2) is 39.9 Å². The van der Waals surface area contributed by atoms with Crippen LogP contribution in [0.2, 0.25) is 0 Å². The van der Waals surface area contributed by atoms with Crippen molar-refractivity contribution in [3.63, 3.8) is 0 Å². The van der Waals surface area contributed by atoms with E-state index in [-0.39, 0.29) is 5.91 Å². The molecule has 0 bridgehead atoms. The van der Waals surface area contributed by atoms with Gasteiger partial charge in [0.2, 0.25) is 0 Å². The van der Waals surface area contributed by atoms with E-state index in [1.54, 1.807) is 6.07 Å². The zero-order valence-corrected chi connectivity index (χ0v) is 14.9. The number of carbonyl (C=O) groups excluding carboxylic acids is 1. The van der Waals surface area contributed by atoms with Crippen molar-refractivity contribution in [3.05, 3.63) is 59.2 Å². The van der Waals surface area contributed by atoms with Crippen molar-refractivity contribution < 1.29 is 4.79 Å². The summed E-state index contributed by atoms with van der Waals surface area (Å²) >= 11 is 0. The van der Waals surface area contributed by atoms with E-state index in [9.17, 15) is 4.79 Å². The zero-order chi connectivity index (χ0) is 17.8. The Morgan fingerprint density at radius 3 is 2.64 bits per heavy atom. The molecule has 0 fully saturated rings. The van der Waals surface area contributed by atoms with Gasteiger partial charge in [-0.3, -0.25) is 4.79 Å². The highest BCUT2D eigenvalue weighted by atomic mass is 16.1. The van der Waals surface area contributed by atoms with Crippen LogP contribution in [0.15, 0.2) is 42.5 Å². The number of aryl methyl sites for hydroxylation is 1. The third-order valence-corrected chi connectivity index (χ3v) is 4.12. The van der Waals surface area contributed by atoms with Gasteiger partial charge in [0, 0.05) is 25.2 Å².